The van der Waals surface area contributed by atoms with Crippen LogP contribution in [0.3, 0.4) is 0 Å². The quantitative estimate of drug-likeness (QED) is 0.648. The third-order valence-corrected chi connectivity index (χ3v) is 3.52. The maximum absolute atomic E-state index is 11.9. The highest BCUT2D eigenvalue weighted by atomic mass is 16.3. The molecule has 17 heavy (non-hydrogen) atoms. The van der Waals surface area contributed by atoms with E-state index < -0.39 is 0 Å². The molecule has 1 heterocycles. The predicted molar refractivity (Wildman–Crippen MR) is 68.7 cm³/mol. The number of nitrogens with one attached hydrogen (secondary N) is 2. The Morgan fingerprint density at radius 2 is 2.06 bits per heavy atom. The maximum atomic E-state index is 11.9. The molecule has 100 valence electrons. The molecule has 0 aromatic rings. The number of piperidine rings is 1. The molecule has 0 aliphatic carbocycles. The molecule has 0 bridgehead atoms. The SMILES string of the molecule is CC(C)C(CCO)NC(=O)CC1CCNCC1. The number of carbonyl (C=O) groups excluding carboxylic acids is 1. The Labute approximate surface area is 104 Å². The fraction of sp³-hybridized carbons (Fsp3) is 0.923. The molecule has 4 heteroatoms. The van der Waals surface area contributed by atoms with Gasteiger partial charge in [-0.25, -0.2) is 0 Å². The number of amides is 1. The van der Waals surface area contributed by atoms with E-state index in [1.54, 1.807) is 0 Å². The molecule has 1 aliphatic heterocycles. The minimum absolute atomic E-state index is 0.106. The average Bonchev–Trinajstić information content (AvgIpc) is 2.29. The van der Waals surface area contributed by atoms with E-state index in [1.165, 1.54) is 0 Å². The number of aliphatic hydroxyl groups excluding tert-OH is 1. The Morgan fingerprint density at radius 1 is 1.41 bits per heavy atom. The van der Waals surface area contributed by atoms with E-state index in [0.717, 1.165) is 25.9 Å². The van der Waals surface area contributed by atoms with Crippen LogP contribution in [0.4, 0.5) is 0 Å². The summed E-state index contributed by atoms with van der Waals surface area (Å²) in [6.07, 6.45) is 3.48. The third kappa shape index (κ3) is 5.50. The molecule has 0 aromatic heterocycles. The monoisotopic (exact) mass is 242 g/mol. The van der Waals surface area contributed by atoms with Crippen LogP contribution in [0.5, 0.6) is 0 Å². The zero-order valence-corrected chi connectivity index (χ0v) is 11.0. The second-order valence-electron chi connectivity index (χ2n) is 5.33. The fourth-order valence-electron chi connectivity index (χ4n) is 2.32. The highest BCUT2D eigenvalue weighted by Crippen LogP contribution is 2.16. The molecule has 0 radical (unpaired) electrons. The average molecular weight is 242 g/mol. The van der Waals surface area contributed by atoms with Crippen molar-refractivity contribution >= 4 is 5.91 Å². The second kappa shape index (κ2) is 7.67. The molecule has 1 saturated heterocycles. The lowest BCUT2D eigenvalue weighted by Crippen LogP contribution is -2.40. The molecule has 1 aliphatic rings. The number of hydrogen-bond donors (Lipinski definition) is 3. The summed E-state index contributed by atoms with van der Waals surface area (Å²) in [5, 5.41) is 15.3. The van der Waals surface area contributed by atoms with Gasteiger partial charge in [-0.05, 0) is 44.2 Å². The molecule has 1 amide bonds. The molecule has 0 aromatic carbocycles. The highest BCUT2D eigenvalue weighted by Gasteiger charge is 2.20. The molecule has 3 N–H and O–H groups in total. The van der Waals surface area contributed by atoms with E-state index in [2.05, 4.69) is 24.5 Å². The van der Waals surface area contributed by atoms with Gasteiger partial charge < -0.3 is 15.7 Å². The zero-order valence-electron chi connectivity index (χ0n) is 11.0. The number of rotatable bonds is 6. The summed E-state index contributed by atoms with van der Waals surface area (Å²) in [7, 11) is 0. The topological polar surface area (TPSA) is 61.4 Å². The van der Waals surface area contributed by atoms with Crippen molar-refractivity contribution in [2.24, 2.45) is 11.8 Å². The van der Waals surface area contributed by atoms with Crippen LogP contribution in [0.2, 0.25) is 0 Å². The van der Waals surface area contributed by atoms with Gasteiger partial charge in [0.2, 0.25) is 5.91 Å². The van der Waals surface area contributed by atoms with E-state index >= 15 is 0 Å². The van der Waals surface area contributed by atoms with Crippen molar-refractivity contribution in [2.75, 3.05) is 19.7 Å². The second-order valence-corrected chi connectivity index (χ2v) is 5.33. The van der Waals surface area contributed by atoms with Crippen molar-refractivity contribution in [3.8, 4) is 0 Å². The summed E-state index contributed by atoms with van der Waals surface area (Å²) in [6, 6.07) is 0.106. The van der Waals surface area contributed by atoms with Gasteiger partial charge >= 0.3 is 0 Å². The van der Waals surface area contributed by atoms with E-state index in [9.17, 15) is 4.79 Å². The van der Waals surface area contributed by atoms with Gasteiger partial charge in [0, 0.05) is 19.1 Å². The molecule has 4 nitrogen and oxygen atoms in total. The van der Waals surface area contributed by atoms with Crippen molar-refractivity contribution < 1.29 is 9.90 Å². The van der Waals surface area contributed by atoms with Crippen LogP contribution in [0, 0.1) is 11.8 Å². The Bertz CT molecular complexity index is 225. The van der Waals surface area contributed by atoms with Crippen LogP contribution in [0.15, 0.2) is 0 Å². The van der Waals surface area contributed by atoms with Crippen molar-refractivity contribution in [1.29, 1.82) is 0 Å². The highest BCUT2D eigenvalue weighted by molar-refractivity contribution is 5.76. The summed E-state index contributed by atoms with van der Waals surface area (Å²) in [4.78, 5) is 11.9. The van der Waals surface area contributed by atoms with E-state index in [1.807, 2.05) is 0 Å². The first-order valence-corrected chi connectivity index (χ1v) is 6.74. The van der Waals surface area contributed by atoms with Gasteiger partial charge in [-0.2, -0.15) is 0 Å². The first-order chi connectivity index (χ1) is 8.13. The van der Waals surface area contributed by atoms with Gasteiger partial charge in [0.05, 0.1) is 0 Å². The first kappa shape index (κ1) is 14.5. The lowest BCUT2D eigenvalue weighted by Gasteiger charge is -2.25. The van der Waals surface area contributed by atoms with Crippen LogP contribution < -0.4 is 10.6 Å². The van der Waals surface area contributed by atoms with Crippen molar-refractivity contribution in [1.82, 2.24) is 10.6 Å². The van der Waals surface area contributed by atoms with Crippen LogP contribution in [0.25, 0.3) is 0 Å². The van der Waals surface area contributed by atoms with Gasteiger partial charge in [0.1, 0.15) is 0 Å². The summed E-state index contributed by atoms with van der Waals surface area (Å²) >= 11 is 0. The Hall–Kier alpha value is -0.610. The van der Waals surface area contributed by atoms with Gasteiger partial charge in [-0.3, -0.25) is 4.79 Å². The lowest BCUT2D eigenvalue weighted by molar-refractivity contribution is -0.123. The molecule has 1 rings (SSSR count). The zero-order chi connectivity index (χ0) is 12.7. The third-order valence-electron chi connectivity index (χ3n) is 3.52. The molecule has 1 atom stereocenters. The van der Waals surface area contributed by atoms with Crippen LogP contribution in [-0.2, 0) is 4.79 Å². The summed E-state index contributed by atoms with van der Waals surface area (Å²) < 4.78 is 0. The van der Waals surface area contributed by atoms with Gasteiger partial charge in [-0.1, -0.05) is 13.8 Å². The van der Waals surface area contributed by atoms with Gasteiger partial charge in [0.15, 0.2) is 0 Å². The van der Waals surface area contributed by atoms with Gasteiger partial charge in [-0.15, -0.1) is 0 Å². The summed E-state index contributed by atoms with van der Waals surface area (Å²) in [5.74, 6) is 1.04. The Balaban J connectivity index is 2.30. The van der Waals surface area contributed by atoms with Crippen molar-refractivity contribution in [2.45, 2.75) is 45.6 Å². The summed E-state index contributed by atoms with van der Waals surface area (Å²) in [6.45, 7) is 6.34. The Morgan fingerprint density at radius 3 is 2.59 bits per heavy atom. The first-order valence-electron chi connectivity index (χ1n) is 6.74. The maximum Gasteiger partial charge on any atom is 0.220 e. The number of hydrogen-bond acceptors (Lipinski definition) is 3. The minimum Gasteiger partial charge on any atom is -0.396 e. The molecule has 0 spiro atoms. The smallest absolute Gasteiger partial charge is 0.220 e. The summed E-state index contributed by atoms with van der Waals surface area (Å²) in [5.41, 5.74) is 0. The largest absolute Gasteiger partial charge is 0.396 e. The Kier molecular flexibility index (Phi) is 6.52. The molecule has 0 saturated carbocycles. The fourth-order valence-corrected chi connectivity index (χ4v) is 2.32. The van der Waals surface area contributed by atoms with Crippen LogP contribution in [-0.4, -0.2) is 36.8 Å². The van der Waals surface area contributed by atoms with Crippen molar-refractivity contribution in [3.63, 3.8) is 0 Å². The minimum atomic E-state index is 0.106. The van der Waals surface area contributed by atoms with E-state index in [4.69, 9.17) is 5.11 Å². The normalized spacial score (nSPS) is 19.3. The van der Waals surface area contributed by atoms with E-state index in [-0.39, 0.29) is 18.6 Å². The standard InChI is InChI=1S/C13H26N2O2/c1-10(2)12(5-8-16)15-13(17)9-11-3-6-14-7-4-11/h10-12,14,16H,3-9H2,1-2H3,(H,15,17). The molecule has 1 unspecified atom stereocenters. The van der Waals surface area contributed by atoms with E-state index in [0.29, 0.717) is 24.7 Å². The van der Waals surface area contributed by atoms with Crippen LogP contribution >= 0.6 is 0 Å². The number of carbonyl (C=O) groups is 1. The predicted octanol–water partition coefficient (Wildman–Crippen LogP) is 0.899. The van der Waals surface area contributed by atoms with Crippen molar-refractivity contribution in [3.05, 3.63) is 0 Å². The molecular weight excluding hydrogens is 216 g/mol. The molecular formula is C13H26N2O2. The number of aliphatic hydroxyl groups is 1. The lowest BCUT2D eigenvalue weighted by atomic mass is 9.93. The van der Waals surface area contributed by atoms with Gasteiger partial charge in [0.25, 0.3) is 0 Å². The van der Waals surface area contributed by atoms with Crippen LogP contribution in [0.1, 0.15) is 39.5 Å². The molecule has 1 fully saturated rings.